The molecular weight excluding hydrogens is 377 g/mol. The van der Waals surface area contributed by atoms with Crippen LogP contribution in [0.3, 0.4) is 0 Å². The number of ether oxygens (including phenoxy) is 1. The molecule has 1 aliphatic carbocycles. The number of nitrogens with zero attached hydrogens (tertiary/aromatic N) is 2. The minimum absolute atomic E-state index is 0.0357. The summed E-state index contributed by atoms with van der Waals surface area (Å²) in [5, 5.41) is 2.92. The van der Waals surface area contributed by atoms with Crippen LogP contribution in [0, 0.1) is 11.7 Å². The van der Waals surface area contributed by atoms with Crippen LogP contribution in [0.15, 0.2) is 24.3 Å². The lowest BCUT2D eigenvalue weighted by molar-refractivity contribution is -0.134. The average Bonchev–Trinajstić information content (AvgIpc) is 3.17. The van der Waals surface area contributed by atoms with E-state index in [4.69, 9.17) is 4.74 Å². The van der Waals surface area contributed by atoms with Crippen molar-refractivity contribution in [1.82, 2.24) is 15.1 Å². The largest absolute Gasteiger partial charge is 0.484 e. The fourth-order valence-electron chi connectivity index (χ4n) is 4.18. The van der Waals surface area contributed by atoms with Gasteiger partial charge in [-0.05, 0) is 43.5 Å². The fraction of sp³-hybridized carbons (Fsp3) is 0.571. The lowest BCUT2D eigenvalue weighted by Gasteiger charge is -2.31. The Balaban J connectivity index is 1.62. The Hall–Kier alpha value is -2.64. The van der Waals surface area contributed by atoms with E-state index < -0.39 is 0 Å². The SMILES string of the molecule is CC(=O)N1CCCN(C(=O)COc2ccc(F)cc2)CCNC(=O)C2CCCC21. The molecule has 2 fully saturated rings. The molecule has 0 bridgehead atoms. The second-order valence-electron chi connectivity index (χ2n) is 7.59. The van der Waals surface area contributed by atoms with Crippen LogP contribution in [0.2, 0.25) is 0 Å². The number of hydrogen-bond donors (Lipinski definition) is 1. The number of fused-ring (bicyclic) bond motifs is 1. The summed E-state index contributed by atoms with van der Waals surface area (Å²) in [7, 11) is 0. The Labute approximate surface area is 170 Å². The molecule has 2 atom stereocenters. The number of rotatable bonds is 3. The third kappa shape index (κ3) is 5.46. The van der Waals surface area contributed by atoms with Crippen LogP contribution >= 0.6 is 0 Å². The summed E-state index contributed by atoms with van der Waals surface area (Å²) >= 11 is 0. The molecule has 1 N–H and O–H groups in total. The summed E-state index contributed by atoms with van der Waals surface area (Å²) in [5.74, 6) is -0.421. The summed E-state index contributed by atoms with van der Waals surface area (Å²) in [4.78, 5) is 40.8. The van der Waals surface area contributed by atoms with E-state index >= 15 is 0 Å². The summed E-state index contributed by atoms with van der Waals surface area (Å²) < 4.78 is 18.4. The van der Waals surface area contributed by atoms with Crippen LogP contribution in [0.1, 0.15) is 32.6 Å². The first-order chi connectivity index (χ1) is 14.0. The number of halogens is 1. The second-order valence-corrected chi connectivity index (χ2v) is 7.59. The molecule has 8 heteroatoms. The van der Waals surface area contributed by atoms with Gasteiger partial charge in [0.1, 0.15) is 11.6 Å². The van der Waals surface area contributed by atoms with E-state index in [9.17, 15) is 18.8 Å². The molecule has 1 saturated heterocycles. The maximum atomic E-state index is 13.0. The Morgan fingerprint density at radius 3 is 2.62 bits per heavy atom. The molecule has 1 aromatic carbocycles. The molecule has 158 valence electrons. The molecule has 7 nitrogen and oxygen atoms in total. The first kappa shape index (κ1) is 21.1. The number of carbonyl (C=O) groups is 3. The van der Waals surface area contributed by atoms with Gasteiger partial charge in [0, 0.05) is 39.1 Å². The summed E-state index contributed by atoms with van der Waals surface area (Å²) in [6.07, 6.45) is 3.21. The Morgan fingerprint density at radius 1 is 1.14 bits per heavy atom. The van der Waals surface area contributed by atoms with Crippen LogP contribution < -0.4 is 10.1 Å². The van der Waals surface area contributed by atoms with Crippen molar-refractivity contribution in [2.75, 3.05) is 32.8 Å². The van der Waals surface area contributed by atoms with E-state index in [0.717, 1.165) is 19.3 Å². The highest BCUT2D eigenvalue weighted by molar-refractivity contribution is 5.82. The Kier molecular flexibility index (Phi) is 7.06. The van der Waals surface area contributed by atoms with Gasteiger partial charge in [-0.3, -0.25) is 14.4 Å². The van der Waals surface area contributed by atoms with Crippen molar-refractivity contribution >= 4 is 17.7 Å². The zero-order valence-electron chi connectivity index (χ0n) is 16.7. The molecular formula is C21H28FN3O4. The molecule has 1 heterocycles. The number of hydrogen-bond acceptors (Lipinski definition) is 4. The van der Waals surface area contributed by atoms with Gasteiger partial charge in [0.05, 0.1) is 5.92 Å². The highest BCUT2D eigenvalue weighted by atomic mass is 19.1. The third-order valence-electron chi connectivity index (χ3n) is 5.66. The predicted octanol–water partition coefficient (Wildman–Crippen LogP) is 1.57. The van der Waals surface area contributed by atoms with Gasteiger partial charge < -0.3 is 19.9 Å². The molecule has 0 spiro atoms. The zero-order valence-corrected chi connectivity index (χ0v) is 16.7. The van der Waals surface area contributed by atoms with Crippen LogP contribution in [-0.2, 0) is 14.4 Å². The average molecular weight is 405 g/mol. The lowest BCUT2D eigenvalue weighted by Crippen LogP contribution is -2.46. The van der Waals surface area contributed by atoms with Crippen molar-refractivity contribution in [3.8, 4) is 5.75 Å². The van der Waals surface area contributed by atoms with Gasteiger partial charge in [0.25, 0.3) is 5.91 Å². The monoisotopic (exact) mass is 405 g/mol. The highest BCUT2D eigenvalue weighted by Gasteiger charge is 2.38. The van der Waals surface area contributed by atoms with Crippen molar-refractivity contribution in [3.05, 3.63) is 30.1 Å². The molecule has 2 unspecified atom stereocenters. The zero-order chi connectivity index (χ0) is 20.8. The maximum Gasteiger partial charge on any atom is 0.260 e. The normalized spacial score (nSPS) is 23.0. The van der Waals surface area contributed by atoms with Gasteiger partial charge in [-0.1, -0.05) is 6.42 Å². The number of nitrogens with one attached hydrogen (secondary N) is 1. The van der Waals surface area contributed by atoms with Crippen molar-refractivity contribution in [1.29, 1.82) is 0 Å². The van der Waals surface area contributed by atoms with Gasteiger partial charge in [-0.25, -0.2) is 4.39 Å². The van der Waals surface area contributed by atoms with E-state index in [1.54, 1.807) is 9.80 Å². The van der Waals surface area contributed by atoms with Gasteiger partial charge in [0.2, 0.25) is 11.8 Å². The first-order valence-corrected chi connectivity index (χ1v) is 10.2. The van der Waals surface area contributed by atoms with Gasteiger partial charge in [-0.2, -0.15) is 0 Å². The number of carbonyl (C=O) groups excluding carboxylic acids is 3. The summed E-state index contributed by atoms with van der Waals surface area (Å²) in [5.41, 5.74) is 0. The van der Waals surface area contributed by atoms with Crippen LogP contribution in [0.4, 0.5) is 4.39 Å². The van der Waals surface area contributed by atoms with Crippen molar-refractivity contribution in [2.45, 2.75) is 38.6 Å². The molecule has 1 aliphatic heterocycles. The van der Waals surface area contributed by atoms with Gasteiger partial charge in [-0.15, -0.1) is 0 Å². The molecule has 3 rings (SSSR count). The van der Waals surface area contributed by atoms with Crippen molar-refractivity contribution in [2.24, 2.45) is 5.92 Å². The maximum absolute atomic E-state index is 13.0. The molecule has 1 aromatic rings. The molecule has 0 aromatic heterocycles. The summed E-state index contributed by atoms with van der Waals surface area (Å²) in [6.45, 7) is 3.11. The smallest absolute Gasteiger partial charge is 0.260 e. The van der Waals surface area contributed by atoms with Gasteiger partial charge >= 0.3 is 0 Å². The van der Waals surface area contributed by atoms with Crippen LogP contribution in [-0.4, -0.2) is 66.3 Å². The first-order valence-electron chi connectivity index (χ1n) is 10.2. The topological polar surface area (TPSA) is 79.0 Å². The van der Waals surface area contributed by atoms with Crippen molar-refractivity contribution in [3.63, 3.8) is 0 Å². The standard InChI is InChI=1S/C21H28FN3O4/c1-15(26)25-12-3-11-24(13-10-23-21(28)18-4-2-5-19(18)25)20(27)14-29-17-8-6-16(22)7-9-17/h6-9,18-19H,2-5,10-14H2,1H3,(H,23,28). The minimum Gasteiger partial charge on any atom is -0.484 e. The Bertz CT molecular complexity index is 740. The molecule has 2 aliphatic rings. The molecule has 0 radical (unpaired) electrons. The third-order valence-corrected chi connectivity index (χ3v) is 5.66. The van der Waals surface area contributed by atoms with E-state index in [0.29, 0.717) is 38.3 Å². The number of benzene rings is 1. The fourth-order valence-corrected chi connectivity index (χ4v) is 4.18. The number of amides is 3. The Morgan fingerprint density at radius 2 is 1.90 bits per heavy atom. The van der Waals surface area contributed by atoms with E-state index in [1.165, 1.54) is 31.2 Å². The second kappa shape index (κ2) is 9.71. The lowest BCUT2D eigenvalue weighted by atomic mass is 10.0. The van der Waals surface area contributed by atoms with Crippen LogP contribution in [0.25, 0.3) is 0 Å². The predicted molar refractivity (Wildman–Crippen MR) is 105 cm³/mol. The molecule has 1 saturated carbocycles. The van der Waals surface area contributed by atoms with E-state index in [1.807, 2.05) is 0 Å². The minimum atomic E-state index is -0.369. The van der Waals surface area contributed by atoms with Gasteiger partial charge in [0.15, 0.2) is 6.61 Å². The quantitative estimate of drug-likeness (QED) is 0.828. The van der Waals surface area contributed by atoms with E-state index in [2.05, 4.69) is 5.32 Å². The molecule has 3 amide bonds. The molecule has 29 heavy (non-hydrogen) atoms. The van der Waals surface area contributed by atoms with Crippen LogP contribution in [0.5, 0.6) is 5.75 Å². The summed E-state index contributed by atoms with van der Waals surface area (Å²) in [6, 6.07) is 5.43. The highest BCUT2D eigenvalue weighted by Crippen LogP contribution is 2.30. The van der Waals surface area contributed by atoms with Crippen molar-refractivity contribution < 1.29 is 23.5 Å². The van der Waals surface area contributed by atoms with E-state index in [-0.39, 0.29) is 42.1 Å².